The Balaban J connectivity index is 1.60. The molecule has 0 unspecified atom stereocenters. The number of amidine groups is 1. The van der Waals surface area contributed by atoms with Gasteiger partial charge in [-0.2, -0.15) is 4.99 Å². The molecule has 0 bridgehead atoms. The predicted octanol–water partition coefficient (Wildman–Crippen LogP) is 2.20. The number of hydrogen-bond acceptors (Lipinski definition) is 5. The summed E-state index contributed by atoms with van der Waals surface area (Å²) in [5, 5.41) is 0.601. The Morgan fingerprint density at radius 3 is 2.84 bits per heavy atom. The second kappa shape index (κ2) is 7.97. The van der Waals surface area contributed by atoms with Gasteiger partial charge in [-0.15, -0.1) is 18.3 Å². The van der Waals surface area contributed by atoms with Gasteiger partial charge in [0.2, 0.25) is 0 Å². The van der Waals surface area contributed by atoms with E-state index < -0.39 is 9.84 Å². The third kappa shape index (κ3) is 4.68. The number of rotatable bonds is 6. The van der Waals surface area contributed by atoms with Crippen molar-refractivity contribution in [1.82, 2.24) is 4.90 Å². The summed E-state index contributed by atoms with van der Waals surface area (Å²) < 4.78 is 23.6. The molecule has 2 atom stereocenters. The summed E-state index contributed by atoms with van der Waals surface area (Å²) in [7, 11) is -2.99. The molecule has 2 heterocycles. The van der Waals surface area contributed by atoms with Gasteiger partial charge in [-0.3, -0.25) is 4.79 Å². The number of thioether (sulfide) groups is 2. The predicted molar refractivity (Wildman–Crippen MR) is 106 cm³/mol. The molecule has 25 heavy (non-hydrogen) atoms. The molecule has 2 saturated heterocycles. The van der Waals surface area contributed by atoms with E-state index in [2.05, 4.69) is 11.6 Å². The van der Waals surface area contributed by atoms with Crippen LogP contribution >= 0.6 is 23.5 Å². The molecule has 2 aliphatic rings. The van der Waals surface area contributed by atoms with E-state index in [0.717, 1.165) is 5.75 Å². The van der Waals surface area contributed by atoms with Crippen molar-refractivity contribution >= 4 is 44.4 Å². The summed E-state index contributed by atoms with van der Waals surface area (Å²) >= 11 is 2.94. The van der Waals surface area contributed by atoms with Gasteiger partial charge in [0, 0.05) is 17.5 Å². The molecule has 0 saturated carbocycles. The zero-order chi connectivity index (χ0) is 17.9. The highest BCUT2D eigenvalue weighted by atomic mass is 32.2. The fourth-order valence-electron chi connectivity index (χ4n) is 2.96. The molecule has 2 aliphatic heterocycles. The van der Waals surface area contributed by atoms with Gasteiger partial charge >= 0.3 is 0 Å². The van der Waals surface area contributed by atoms with E-state index in [9.17, 15) is 13.2 Å². The lowest BCUT2D eigenvalue weighted by molar-refractivity contribution is -0.115. The SMILES string of the molecule is C=CCN1C(=NC(=O)CSCc2ccccc2)S[C@@H]2CS(=O)(=O)C[C@H]21. The molecule has 134 valence electrons. The maximum Gasteiger partial charge on any atom is 0.258 e. The summed E-state index contributed by atoms with van der Waals surface area (Å²) in [4.78, 5) is 18.3. The lowest BCUT2D eigenvalue weighted by atomic mass is 10.2. The highest BCUT2D eigenvalue weighted by molar-refractivity contribution is 8.15. The smallest absolute Gasteiger partial charge is 0.258 e. The van der Waals surface area contributed by atoms with Gasteiger partial charge in [-0.25, -0.2) is 8.42 Å². The monoisotopic (exact) mass is 396 g/mol. The van der Waals surface area contributed by atoms with Crippen molar-refractivity contribution in [2.75, 3.05) is 23.8 Å². The number of aliphatic imine (C=N–C) groups is 1. The molecular formula is C17H20N2O3S3. The molecule has 2 fully saturated rings. The van der Waals surface area contributed by atoms with Crippen LogP contribution in [0.3, 0.4) is 0 Å². The van der Waals surface area contributed by atoms with E-state index in [0.29, 0.717) is 17.5 Å². The van der Waals surface area contributed by atoms with Gasteiger partial charge < -0.3 is 4.90 Å². The van der Waals surface area contributed by atoms with Crippen LogP contribution in [-0.4, -0.2) is 59.5 Å². The standard InChI is InChI=1S/C17H20N2O3S3/c1-2-8-19-14-11-25(21,22)12-15(14)24-17(19)18-16(20)10-23-9-13-6-4-3-5-7-13/h2-7,14-15H,1,8-12H2/t14-,15-/m1/s1. The maximum absolute atomic E-state index is 12.2. The second-order valence-electron chi connectivity index (χ2n) is 6.01. The van der Waals surface area contributed by atoms with Crippen molar-refractivity contribution in [2.45, 2.75) is 17.0 Å². The molecular weight excluding hydrogens is 376 g/mol. The number of benzene rings is 1. The van der Waals surface area contributed by atoms with Gasteiger partial charge in [0.15, 0.2) is 15.0 Å². The normalized spacial score (nSPS) is 25.9. The van der Waals surface area contributed by atoms with Crippen LogP contribution in [-0.2, 0) is 20.4 Å². The number of sulfone groups is 1. The number of carbonyl (C=O) groups excluding carboxylic acids is 1. The number of nitrogens with zero attached hydrogens (tertiary/aromatic N) is 2. The second-order valence-corrected chi connectivity index (χ2v) is 10.4. The van der Waals surface area contributed by atoms with Crippen LogP contribution in [0.25, 0.3) is 0 Å². The Morgan fingerprint density at radius 1 is 1.36 bits per heavy atom. The Labute approximate surface area is 156 Å². The molecule has 5 nitrogen and oxygen atoms in total. The molecule has 3 rings (SSSR count). The van der Waals surface area contributed by atoms with E-state index in [1.54, 1.807) is 6.08 Å². The number of amides is 1. The molecule has 0 aromatic heterocycles. The van der Waals surface area contributed by atoms with E-state index in [1.807, 2.05) is 35.2 Å². The van der Waals surface area contributed by atoms with Crippen LogP contribution < -0.4 is 0 Å². The quantitative estimate of drug-likeness (QED) is 0.687. The molecule has 0 aliphatic carbocycles. The first-order chi connectivity index (χ1) is 12.0. The van der Waals surface area contributed by atoms with Crippen LogP contribution in [0.5, 0.6) is 0 Å². The van der Waals surface area contributed by atoms with E-state index in [-0.39, 0.29) is 28.7 Å². The minimum absolute atomic E-state index is 0.0338. The highest BCUT2D eigenvalue weighted by Crippen LogP contribution is 2.38. The van der Waals surface area contributed by atoms with Crippen LogP contribution in [0, 0.1) is 0 Å². The summed E-state index contributed by atoms with van der Waals surface area (Å²) in [6.45, 7) is 4.23. The summed E-state index contributed by atoms with van der Waals surface area (Å²) in [5.74, 6) is 1.19. The van der Waals surface area contributed by atoms with Crippen molar-refractivity contribution in [2.24, 2.45) is 4.99 Å². The third-order valence-electron chi connectivity index (χ3n) is 4.06. The first kappa shape index (κ1) is 18.5. The maximum atomic E-state index is 12.2. The molecule has 1 aromatic carbocycles. The lowest BCUT2D eigenvalue weighted by Gasteiger charge is -2.22. The van der Waals surface area contributed by atoms with Crippen molar-refractivity contribution in [3.8, 4) is 0 Å². The first-order valence-electron chi connectivity index (χ1n) is 7.96. The highest BCUT2D eigenvalue weighted by Gasteiger charge is 2.48. The largest absolute Gasteiger partial charge is 0.342 e. The lowest BCUT2D eigenvalue weighted by Crippen LogP contribution is -2.37. The van der Waals surface area contributed by atoms with Crippen LogP contribution in [0.15, 0.2) is 48.0 Å². The Morgan fingerprint density at radius 2 is 2.12 bits per heavy atom. The van der Waals surface area contributed by atoms with Gasteiger partial charge in [-0.05, 0) is 5.56 Å². The third-order valence-corrected chi connectivity index (χ3v) is 8.29. The average Bonchev–Trinajstić information content (AvgIpc) is 3.01. The zero-order valence-electron chi connectivity index (χ0n) is 13.7. The molecule has 0 spiro atoms. The van der Waals surface area contributed by atoms with Gasteiger partial charge in [0.05, 0.1) is 23.3 Å². The van der Waals surface area contributed by atoms with Crippen molar-refractivity contribution < 1.29 is 13.2 Å². The molecule has 1 aromatic rings. The summed E-state index contributed by atoms with van der Waals surface area (Å²) in [5.41, 5.74) is 1.18. The van der Waals surface area contributed by atoms with Gasteiger partial charge in [0.1, 0.15) is 0 Å². The van der Waals surface area contributed by atoms with Crippen molar-refractivity contribution in [1.29, 1.82) is 0 Å². The number of carbonyl (C=O) groups is 1. The Kier molecular flexibility index (Phi) is 5.91. The summed E-state index contributed by atoms with van der Waals surface area (Å²) in [6, 6.07) is 9.89. The zero-order valence-corrected chi connectivity index (χ0v) is 16.2. The van der Waals surface area contributed by atoms with E-state index in [4.69, 9.17) is 0 Å². The van der Waals surface area contributed by atoms with Gasteiger partial charge in [0.25, 0.3) is 5.91 Å². The first-order valence-corrected chi connectivity index (χ1v) is 11.8. The molecule has 0 N–H and O–H groups in total. The topological polar surface area (TPSA) is 66.8 Å². The van der Waals surface area contributed by atoms with Crippen molar-refractivity contribution in [3.63, 3.8) is 0 Å². The number of fused-ring (bicyclic) bond motifs is 1. The average molecular weight is 397 g/mol. The molecule has 0 radical (unpaired) electrons. The van der Waals surface area contributed by atoms with Crippen LogP contribution in [0.1, 0.15) is 5.56 Å². The van der Waals surface area contributed by atoms with Gasteiger partial charge in [-0.1, -0.05) is 48.2 Å². The fraction of sp³-hybridized carbons (Fsp3) is 0.412. The Hall–Kier alpha value is -1.25. The number of hydrogen-bond donors (Lipinski definition) is 0. The van der Waals surface area contributed by atoms with E-state index >= 15 is 0 Å². The molecule has 1 amide bonds. The van der Waals surface area contributed by atoms with E-state index in [1.165, 1.54) is 29.1 Å². The fourth-order valence-corrected chi connectivity index (χ4v) is 7.71. The Bertz CT molecular complexity index is 778. The minimum Gasteiger partial charge on any atom is -0.342 e. The van der Waals surface area contributed by atoms with Crippen LogP contribution in [0.4, 0.5) is 0 Å². The minimum atomic E-state index is -2.99. The van der Waals surface area contributed by atoms with Crippen LogP contribution in [0.2, 0.25) is 0 Å². The van der Waals surface area contributed by atoms with Crippen molar-refractivity contribution in [3.05, 3.63) is 48.6 Å². The summed E-state index contributed by atoms with van der Waals surface area (Å²) in [6.07, 6.45) is 1.72. The molecule has 8 heteroatoms.